The summed E-state index contributed by atoms with van der Waals surface area (Å²) in [7, 11) is 0. The van der Waals surface area contributed by atoms with Gasteiger partial charge in [0.15, 0.2) is 0 Å². The van der Waals surface area contributed by atoms with Crippen molar-refractivity contribution in [1.82, 2.24) is 4.90 Å². The van der Waals surface area contributed by atoms with Crippen LogP contribution in [0.2, 0.25) is 0 Å². The Morgan fingerprint density at radius 2 is 1.79 bits per heavy atom. The smallest absolute Gasteiger partial charge is 0.122 e. The van der Waals surface area contributed by atoms with Crippen molar-refractivity contribution in [2.75, 3.05) is 13.1 Å². The molecule has 0 saturated carbocycles. The highest BCUT2D eigenvalue weighted by atomic mass is 15.1. The van der Waals surface area contributed by atoms with Gasteiger partial charge in [0.2, 0.25) is 0 Å². The van der Waals surface area contributed by atoms with Gasteiger partial charge in [-0.25, -0.2) is 0 Å². The summed E-state index contributed by atoms with van der Waals surface area (Å²) in [5.41, 5.74) is 7.62. The van der Waals surface area contributed by atoms with Gasteiger partial charge < -0.3 is 5.73 Å². The van der Waals surface area contributed by atoms with E-state index in [0.29, 0.717) is 0 Å². The number of hydrogen-bond donors (Lipinski definition) is 2. The summed E-state index contributed by atoms with van der Waals surface area (Å²) in [6, 6.07) is 8.04. The Labute approximate surface area is 117 Å². The zero-order chi connectivity index (χ0) is 14.1. The molecule has 1 rings (SSSR count). The highest BCUT2D eigenvalue weighted by Crippen LogP contribution is 2.10. The molecule has 0 atom stereocenters. The maximum absolute atomic E-state index is 7.50. The molecule has 19 heavy (non-hydrogen) atoms. The van der Waals surface area contributed by atoms with Crippen molar-refractivity contribution in [3.05, 3.63) is 35.4 Å². The third kappa shape index (κ3) is 5.88. The monoisotopic (exact) mass is 261 g/mol. The number of nitrogens with zero attached hydrogens (tertiary/aromatic N) is 1. The van der Waals surface area contributed by atoms with Crippen molar-refractivity contribution in [2.45, 2.75) is 46.1 Å². The highest BCUT2D eigenvalue weighted by molar-refractivity contribution is 5.95. The lowest BCUT2D eigenvalue weighted by Crippen LogP contribution is -2.25. The molecule has 3 heteroatoms. The summed E-state index contributed by atoms with van der Waals surface area (Å²) in [5, 5.41) is 7.50. The van der Waals surface area contributed by atoms with Crippen LogP contribution in [0.5, 0.6) is 0 Å². The van der Waals surface area contributed by atoms with E-state index in [2.05, 4.69) is 24.8 Å². The molecule has 0 amide bonds. The fourth-order valence-corrected chi connectivity index (χ4v) is 2.13. The highest BCUT2D eigenvalue weighted by Gasteiger charge is 2.06. The fourth-order valence-electron chi connectivity index (χ4n) is 2.13. The predicted molar refractivity (Wildman–Crippen MR) is 82.6 cm³/mol. The lowest BCUT2D eigenvalue weighted by Gasteiger charge is -2.22. The summed E-state index contributed by atoms with van der Waals surface area (Å²) < 4.78 is 0. The Hall–Kier alpha value is -1.35. The number of benzene rings is 1. The molecule has 0 radical (unpaired) electrons. The van der Waals surface area contributed by atoms with Crippen LogP contribution in [0.15, 0.2) is 24.3 Å². The Balaban J connectivity index is 2.65. The number of amidine groups is 1. The molecule has 0 spiro atoms. The molecule has 0 saturated heterocycles. The van der Waals surface area contributed by atoms with Gasteiger partial charge in [-0.1, -0.05) is 44.9 Å². The van der Waals surface area contributed by atoms with Gasteiger partial charge in [-0.05, 0) is 37.6 Å². The van der Waals surface area contributed by atoms with Gasteiger partial charge in [0, 0.05) is 12.1 Å². The van der Waals surface area contributed by atoms with E-state index in [-0.39, 0.29) is 5.84 Å². The van der Waals surface area contributed by atoms with E-state index < -0.39 is 0 Å². The van der Waals surface area contributed by atoms with Gasteiger partial charge in [-0.3, -0.25) is 10.3 Å². The third-order valence-electron chi connectivity index (χ3n) is 3.30. The summed E-state index contributed by atoms with van der Waals surface area (Å²) in [6.45, 7) is 7.73. The normalized spacial score (nSPS) is 10.9. The molecule has 1 aromatic rings. The van der Waals surface area contributed by atoms with E-state index in [1.165, 1.54) is 31.2 Å². The summed E-state index contributed by atoms with van der Waals surface area (Å²) in [5.74, 6) is 0.149. The van der Waals surface area contributed by atoms with Crippen LogP contribution in [0.4, 0.5) is 0 Å². The number of nitrogen functional groups attached to an aromatic ring is 1. The van der Waals surface area contributed by atoms with Gasteiger partial charge in [0.05, 0.1) is 0 Å². The first-order valence-electron chi connectivity index (χ1n) is 7.33. The van der Waals surface area contributed by atoms with Crippen LogP contribution in [0, 0.1) is 5.41 Å². The van der Waals surface area contributed by atoms with E-state index in [9.17, 15) is 0 Å². The van der Waals surface area contributed by atoms with Crippen LogP contribution in [0.1, 0.15) is 50.7 Å². The molecule has 106 valence electrons. The van der Waals surface area contributed by atoms with Gasteiger partial charge in [-0.15, -0.1) is 0 Å². The molecule has 0 bridgehead atoms. The average Bonchev–Trinajstić information content (AvgIpc) is 2.42. The molecule has 0 aliphatic heterocycles. The topological polar surface area (TPSA) is 53.1 Å². The van der Waals surface area contributed by atoms with Crippen molar-refractivity contribution < 1.29 is 0 Å². The quantitative estimate of drug-likeness (QED) is 0.529. The molecule has 0 unspecified atom stereocenters. The van der Waals surface area contributed by atoms with E-state index >= 15 is 0 Å². The van der Waals surface area contributed by atoms with Crippen LogP contribution in [0.25, 0.3) is 0 Å². The molecule has 3 nitrogen and oxygen atoms in total. The fraction of sp³-hybridized carbons (Fsp3) is 0.562. The van der Waals surface area contributed by atoms with Crippen molar-refractivity contribution in [3.8, 4) is 0 Å². The average molecular weight is 261 g/mol. The second-order valence-electron chi connectivity index (χ2n) is 5.10. The van der Waals surface area contributed by atoms with E-state index in [0.717, 1.165) is 25.2 Å². The predicted octanol–water partition coefficient (Wildman–Crippen LogP) is 3.37. The van der Waals surface area contributed by atoms with Crippen LogP contribution in [-0.2, 0) is 6.54 Å². The van der Waals surface area contributed by atoms with E-state index in [4.69, 9.17) is 11.1 Å². The molecule has 3 N–H and O–H groups in total. The molecule has 0 aromatic heterocycles. The van der Waals surface area contributed by atoms with Crippen molar-refractivity contribution in [2.24, 2.45) is 5.73 Å². The minimum atomic E-state index is 0.149. The van der Waals surface area contributed by atoms with Crippen LogP contribution < -0.4 is 5.73 Å². The van der Waals surface area contributed by atoms with Crippen molar-refractivity contribution in [3.63, 3.8) is 0 Å². The maximum Gasteiger partial charge on any atom is 0.122 e. The minimum absolute atomic E-state index is 0.149. The summed E-state index contributed by atoms with van der Waals surface area (Å²) in [4.78, 5) is 2.51. The Morgan fingerprint density at radius 3 is 2.32 bits per heavy atom. The third-order valence-corrected chi connectivity index (χ3v) is 3.30. The molecular formula is C16H27N3. The Kier molecular flexibility index (Phi) is 7.19. The number of unbranched alkanes of at least 4 members (excludes halogenated alkanes) is 2. The second kappa shape index (κ2) is 8.70. The lowest BCUT2D eigenvalue weighted by atomic mass is 10.1. The first-order chi connectivity index (χ1) is 9.17. The SMILES string of the molecule is CCCCN(CCCC)Cc1cccc(C(=N)N)c1. The van der Waals surface area contributed by atoms with Crippen molar-refractivity contribution >= 4 is 5.84 Å². The van der Waals surface area contributed by atoms with E-state index in [1.807, 2.05) is 18.2 Å². The van der Waals surface area contributed by atoms with Gasteiger partial charge in [-0.2, -0.15) is 0 Å². The first kappa shape index (κ1) is 15.7. The molecule has 0 heterocycles. The second-order valence-corrected chi connectivity index (χ2v) is 5.10. The number of nitrogens with one attached hydrogen (secondary N) is 1. The van der Waals surface area contributed by atoms with Gasteiger partial charge in [0.25, 0.3) is 0 Å². The first-order valence-corrected chi connectivity index (χ1v) is 7.33. The molecule has 0 aliphatic carbocycles. The van der Waals surface area contributed by atoms with Gasteiger partial charge in [0.1, 0.15) is 5.84 Å². The zero-order valence-electron chi connectivity index (χ0n) is 12.3. The zero-order valence-corrected chi connectivity index (χ0v) is 12.3. The number of nitrogens with two attached hydrogens (primary N) is 1. The van der Waals surface area contributed by atoms with Crippen molar-refractivity contribution in [1.29, 1.82) is 5.41 Å². The van der Waals surface area contributed by atoms with Crippen LogP contribution in [0.3, 0.4) is 0 Å². The largest absolute Gasteiger partial charge is 0.384 e. The van der Waals surface area contributed by atoms with Crippen LogP contribution >= 0.6 is 0 Å². The number of hydrogen-bond acceptors (Lipinski definition) is 2. The van der Waals surface area contributed by atoms with E-state index in [1.54, 1.807) is 0 Å². The molecule has 0 fully saturated rings. The van der Waals surface area contributed by atoms with Crippen LogP contribution in [-0.4, -0.2) is 23.8 Å². The molecular weight excluding hydrogens is 234 g/mol. The molecule has 1 aromatic carbocycles. The molecule has 0 aliphatic rings. The lowest BCUT2D eigenvalue weighted by molar-refractivity contribution is 0.257. The number of rotatable bonds is 9. The Morgan fingerprint density at radius 1 is 1.16 bits per heavy atom. The standard InChI is InChI=1S/C16H27N3/c1-3-5-10-19(11-6-4-2)13-14-8-7-9-15(12-14)16(17)18/h7-9,12H,3-6,10-11,13H2,1-2H3,(H3,17,18). The minimum Gasteiger partial charge on any atom is -0.384 e. The van der Waals surface area contributed by atoms with Gasteiger partial charge >= 0.3 is 0 Å². The summed E-state index contributed by atoms with van der Waals surface area (Å²) >= 11 is 0. The Bertz CT molecular complexity index is 379. The summed E-state index contributed by atoms with van der Waals surface area (Å²) in [6.07, 6.45) is 4.96. The maximum atomic E-state index is 7.50.